The fraction of sp³-hybridized carbons (Fsp3) is 0.381. The van der Waals surface area contributed by atoms with E-state index in [-0.39, 0.29) is 29.3 Å². The Balaban J connectivity index is 1.71. The summed E-state index contributed by atoms with van der Waals surface area (Å²) < 4.78 is 46.3. The summed E-state index contributed by atoms with van der Waals surface area (Å²) in [5.74, 6) is -0.151. The highest BCUT2D eigenvalue weighted by atomic mass is 19.4. The molecule has 4 rings (SSSR count). The van der Waals surface area contributed by atoms with Crippen LogP contribution in [0.15, 0.2) is 41.3 Å². The van der Waals surface area contributed by atoms with Crippen molar-refractivity contribution in [2.75, 3.05) is 18.5 Å². The van der Waals surface area contributed by atoms with Gasteiger partial charge < -0.3 is 20.1 Å². The van der Waals surface area contributed by atoms with Gasteiger partial charge in [0.2, 0.25) is 0 Å². The van der Waals surface area contributed by atoms with Crippen molar-refractivity contribution in [1.29, 1.82) is 5.26 Å². The number of anilines is 2. The van der Waals surface area contributed by atoms with Gasteiger partial charge in [-0.25, -0.2) is 0 Å². The molecule has 1 fully saturated rings. The molecule has 1 saturated heterocycles. The lowest BCUT2D eigenvalue weighted by molar-refractivity contribution is -0.258. The summed E-state index contributed by atoms with van der Waals surface area (Å²) in [6.07, 6.45) is -2.82. The first-order valence-corrected chi connectivity index (χ1v) is 9.87. The van der Waals surface area contributed by atoms with Gasteiger partial charge in [0.05, 0.1) is 30.2 Å². The van der Waals surface area contributed by atoms with E-state index in [1.165, 1.54) is 18.3 Å². The Morgan fingerprint density at radius 3 is 2.69 bits per heavy atom. The Kier molecular flexibility index (Phi) is 5.44. The summed E-state index contributed by atoms with van der Waals surface area (Å²) in [6.45, 7) is 1.41. The third kappa shape index (κ3) is 3.72. The van der Waals surface area contributed by atoms with Crippen LogP contribution in [0.5, 0.6) is 0 Å². The molecule has 3 unspecified atom stereocenters. The van der Waals surface area contributed by atoms with Gasteiger partial charge >= 0.3 is 6.18 Å². The van der Waals surface area contributed by atoms with Gasteiger partial charge in [0.25, 0.3) is 5.56 Å². The molecule has 3 aromatic rings. The summed E-state index contributed by atoms with van der Waals surface area (Å²) in [7, 11) is 0. The minimum atomic E-state index is -4.83. The molecule has 32 heavy (non-hydrogen) atoms. The number of aliphatic hydroxyl groups is 1. The SMILES string of the molecule is CC(O)(c1ccc(Nc2nn(C3COCCC3C#N)c3cc[nH]c(=O)c23)cc1)C(F)(F)F. The lowest BCUT2D eigenvalue weighted by atomic mass is 9.95. The van der Waals surface area contributed by atoms with E-state index in [1.54, 1.807) is 10.7 Å². The van der Waals surface area contributed by atoms with Gasteiger partial charge in [0.1, 0.15) is 5.39 Å². The standard InChI is InChI=1S/C21H20F3N5O3/c1-20(31,21(22,23)24)13-2-4-14(5-3-13)27-18-17-15(6-8-26-19(17)30)29(28-18)16-11-32-9-7-12(16)10-25/h2-6,8,12,16,31H,7,9,11H2,1H3,(H,26,30)(H,27,28). The summed E-state index contributed by atoms with van der Waals surface area (Å²) in [5, 5.41) is 27.1. The van der Waals surface area contributed by atoms with Gasteiger partial charge in [0, 0.05) is 18.5 Å². The number of aromatic nitrogens is 3. The molecule has 8 nitrogen and oxygen atoms in total. The smallest absolute Gasteiger partial charge is 0.379 e. The minimum absolute atomic E-state index is 0.194. The maximum absolute atomic E-state index is 13.1. The number of nitriles is 1. The predicted octanol–water partition coefficient (Wildman–Crippen LogP) is 3.34. The van der Waals surface area contributed by atoms with Crippen molar-refractivity contribution in [2.24, 2.45) is 5.92 Å². The number of alkyl halides is 3. The normalized spacial score (nSPS) is 21.1. The monoisotopic (exact) mass is 447 g/mol. The molecule has 1 aliphatic rings. The van der Waals surface area contributed by atoms with Crippen LogP contribution in [0.1, 0.15) is 24.9 Å². The lowest BCUT2D eigenvalue weighted by Gasteiger charge is -2.27. The van der Waals surface area contributed by atoms with Crippen LogP contribution in [-0.2, 0) is 10.3 Å². The zero-order valence-corrected chi connectivity index (χ0v) is 17.0. The van der Waals surface area contributed by atoms with E-state index in [4.69, 9.17) is 4.74 Å². The molecule has 3 N–H and O–H groups in total. The number of aromatic amines is 1. The Labute approximate surface area is 180 Å². The van der Waals surface area contributed by atoms with E-state index in [0.29, 0.717) is 31.2 Å². The molecule has 1 aliphatic heterocycles. The van der Waals surface area contributed by atoms with Crippen LogP contribution >= 0.6 is 0 Å². The number of ether oxygens (including phenoxy) is 1. The highest BCUT2D eigenvalue weighted by Crippen LogP contribution is 2.39. The highest BCUT2D eigenvalue weighted by molar-refractivity contribution is 5.91. The molecule has 3 atom stereocenters. The zero-order chi connectivity index (χ0) is 23.1. The number of rotatable bonds is 4. The van der Waals surface area contributed by atoms with Crippen LogP contribution in [0.25, 0.3) is 10.9 Å². The zero-order valence-electron chi connectivity index (χ0n) is 17.0. The number of nitrogens with zero attached hydrogens (tertiary/aromatic N) is 3. The van der Waals surface area contributed by atoms with Crippen molar-refractivity contribution in [1.82, 2.24) is 14.8 Å². The fourth-order valence-electron chi connectivity index (χ4n) is 3.73. The number of nitrogens with one attached hydrogen (secondary N) is 2. The maximum atomic E-state index is 13.1. The molecular formula is C21H20F3N5O3. The van der Waals surface area contributed by atoms with Gasteiger partial charge in [-0.05, 0) is 37.1 Å². The number of benzene rings is 1. The van der Waals surface area contributed by atoms with Crippen molar-refractivity contribution in [3.63, 3.8) is 0 Å². The molecule has 3 heterocycles. The lowest BCUT2D eigenvalue weighted by Crippen LogP contribution is -2.39. The first-order valence-electron chi connectivity index (χ1n) is 9.87. The summed E-state index contributed by atoms with van der Waals surface area (Å²) in [6, 6.07) is 8.56. The quantitative estimate of drug-likeness (QED) is 0.565. The van der Waals surface area contributed by atoms with Crippen LogP contribution in [0, 0.1) is 17.2 Å². The molecule has 2 aromatic heterocycles. The van der Waals surface area contributed by atoms with Gasteiger partial charge in [-0.1, -0.05) is 12.1 Å². The van der Waals surface area contributed by atoms with Crippen LogP contribution in [0.2, 0.25) is 0 Å². The van der Waals surface area contributed by atoms with E-state index in [9.17, 15) is 28.3 Å². The molecule has 0 spiro atoms. The molecule has 168 valence electrons. The molecule has 0 radical (unpaired) electrons. The number of pyridine rings is 1. The molecule has 1 aromatic carbocycles. The largest absolute Gasteiger partial charge is 0.421 e. The average Bonchev–Trinajstić information content (AvgIpc) is 3.12. The van der Waals surface area contributed by atoms with Crippen molar-refractivity contribution in [3.8, 4) is 6.07 Å². The topological polar surface area (TPSA) is 116 Å². The minimum Gasteiger partial charge on any atom is -0.379 e. The molecule has 0 bridgehead atoms. The predicted molar refractivity (Wildman–Crippen MR) is 109 cm³/mol. The summed E-state index contributed by atoms with van der Waals surface area (Å²) >= 11 is 0. The second-order valence-electron chi connectivity index (χ2n) is 7.80. The van der Waals surface area contributed by atoms with E-state index in [2.05, 4.69) is 21.5 Å². The van der Waals surface area contributed by atoms with E-state index in [0.717, 1.165) is 12.1 Å². The summed E-state index contributed by atoms with van der Waals surface area (Å²) in [5.41, 5.74) is -2.84. The summed E-state index contributed by atoms with van der Waals surface area (Å²) in [4.78, 5) is 15.1. The number of halogens is 3. The van der Waals surface area contributed by atoms with Crippen LogP contribution < -0.4 is 10.9 Å². The number of hydrogen-bond acceptors (Lipinski definition) is 6. The third-order valence-electron chi connectivity index (χ3n) is 5.70. The van der Waals surface area contributed by atoms with Gasteiger partial charge in [-0.3, -0.25) is 9.48 Å². The van der Waals surface area contributed by atoms with E-state index in [1.807, 2.05) is 0 Å². The molecular weight excluding hydrogens is 427 g/mol. The Morgan fingerprint density at radius 2 is 2.03 bits per heavy atom. The Hall–Kier alpha value is -3.36. The van der Waals surface area contributed by atoms with Gasteiger partial charge in [-0.15, -0.1) is 0 Å². The number of fused-ring (bicyclic) bond motifs is 1. The fourth-order valence-corrected chi connectivity index (χ4v) is 3.73. The highest BCUT2D eigenvalue weighted by Gasteiger charge is 2.51. The average molecular weight is 447 g/mol. The van der Waals surface area contributed by atoms with Crippen molar-refractivity contribution >= 4 is 22.4 Å². The van der Waals surface area contributed by atoms with E-state index < -0.39 is 23.4 Å². The van der Waals surface area contributed by atoms with Crippen molar-refractivity contribution in [3.05, 3.63) is 52.4 Å². The first kappa shape index (κ1) is 21.9. The van der Waals surface area contributed by atoms with Crippen molar-refractivity contribution < 1.29 is 23.0 Å². The molecule has 11 heteroatoms. The van der Waals surface area contributed by atoms with Crippen LogP contribution in [0.3, 0.4) is 0 Å². The maximum Gasteiger partial charge on any atom is 0.421 e. The third-order valence-corrected chi connectivity index (χ3v) is 5.70. The van der Waals surface area contributed by atoms with Gasteiger partial charge in [0.15, 0.2) is 11.4 Å². The van der Waals surface area contributed by atoms with Gasteiger partial charge in [-0.2, -0.15) is 23.5 Å². The molecule has 0 saturated carbocycles. The molecule has 0 amide bonds. The first-order chi connectivity index (χ1) is 15.1. The van der Waals surface area contributed by atoms with Crippen LogP contribution in [-0.4, -0.2) is 39.3 Å². The number of H-pyrrole nitrogens is 1. The Bertz CT molecular complexity index is 1220. The second kappa shape index (κ2) is 7.96. The van der Waals surface area contributed by atoms with Crippen molar-refractivity contribution in [2.45, 2.75) is 31.2 Å². The van der Waals surface area contributed by atoms with E-state index >= 15 is 0 Å². The molecule has 0 aliphatic carbocycles. The van der Waals surface area contributed by atoms with Crippen LogP contribution in [0.4, 0.5) is 24.7 Å². The number of hydrogen-bond donors (Lipinski definition) is 3. The Morgan fingerprint density at radius 1 is 1.31 bits per heavy atom. The second-order valence-corrected chi connectivity index (χ2v) is 7.80.